The highest BCUT2D eigenvalue weighted by atomic mass is 16.5. The Morgan fingerprint density at radius 1 is 1.31 bits per heavy atom. The van der Waals surface area contributed by atoms with Crippen molar-refractivity contribution in [2.75, 3.05) is 26.4 Å². The van der Waals surface area contributed by atoms with Crippen molar-refractivity contribution in [3.05, 3.63) is 0 Å². The Hall–Kier alpha value is -0.120. The summed E-state index contributed by atoms with van der Waals surface area (Å²) in [4.78, 5) is 0. The van der Waals surface area contributed by atoms with Crippen molar-refractivity contribution in [1.82, 2.24) is 5.32 Å². The molecular formula is C13H27NO2. The number of aliphatic hydroxyl groups excluding tert-OH is 1. The van der Waals surface area contributed by atoms with Crippen molar-refractivity contribution in [1.29, 1.82) is 0 Å². The van der Waals surface area contributed by atoms with Gasteiger partial charge in [-0.25, -0.2) is 0 Å². The van der Waals surface area contributed by atoms with Gasteiger partial charge in [0.1, 0.15) is 0 Å². The monoisotopic (exact) mass is 229 g/mol. The van der Waals surface area contributed by atoms with Crippen LogP contribution in [-0.4, -0.2) is 37.5 Å². The summed E-state index contributed by atoms with van der Waals surface area (Å²) in [5, 5.41) is 12.1. The summed E-state index contributed by atoms with van der Waals surface area (Å²) >= 11 is 0. The summed E-state index contributed by atoms with van der Waals surface area (Å²) in [5.41, 5.74) is 0.474. The molecule has 0 aromatic carbocycles. The van der Waals surface area contributed by atoms with E-state index >= 15 is 0 Å². The van der Waals surface area contributed by atoms with Gasteiger partial charge in [-0.05, 0) is 30.6 Å². The molecule has 1 aliphatic rings. The van der Waals surface area contributed by atoms with E-state index in [1.807, 2.05) is 0 Å². The quantitative estimate of drug-likeness (QED) is 0.682. The molecule has 2 N–H and O–H groups in total. The zero-order valence-electron chi connectivity index (χ0n) is 11.0. The molecule has 16 heavy (non-hydrogen) atoms. The molecule has 1 rings (SSSR count). The molecule has 0 radical (unpaired) electrons. The minimum absolute atomic E-state index is 0.119. The Labute approximate surface area is 99.6 Å². The highest BCUT2D eigenvalue weighted by Gasteiger charge is 2.31. The molecule has 0 aromatic heterocycles. The topological polar surface area (TPSA) is 41.5 Å². The van der Waals surface area contributed by atoms with Crippen LogP contribution in [-0.2, 0) is 4.74 Å². The van der Waals surface area contributed by atoms with E-state index in [4.69, 9.17) is 9.84 Å². The molecule has 0 saturated heterocycles. The average Bonchev–Trinajstić information content (AvgIpc) is 2.14. The van der Waals surface area contributed by atoms with Gasteiger partial charge in [0.2, 0.25) is 0 Å². The Kier molecular flexibility index (Phi) is 5.73. The molecule has 1 saturated carbocycles. The van der Waals surface area contributed by atoms with Crippen LogP contribution in [0.4, 0.5) is 0 Å². The lowest BCUT2D eigenvalue weighted by atomic mass is 9.70. The summed E-state index contributed by atoms with van der Waals surface area (Å²) in [6.07, 6.45) is 3.88. The van der Waals surface area contributed by atoms with Crippen molar-refractivity contribution in [3.8, 4) is 0 Å². The molecule has 2 atom stereocenters. The first kappa shape index (κ1) is 13.9. The van der Waals surface area contributed by atoms with Gasteiger partial charge in [-0.1, -0.05) is 20.8 Å². The first-order valence-corrected chi connectivity index (χ1v) is 6.45. The van der Waals surface area contributed by atoms with Gasteiger partial charge < -0.3 is 15.2 Å². The molecule has 3 nitrogen and oxygen atoms in total. The molecule has 0 spiro atoms. The highest BCUT2D eigenvalue weighted by Crippen LogP contribution is 2.38. The van der Waals surface area contributed by atoms with Crippen molar-refractivity contribution >= 4 is 0 Å². The second-order valence-electron chi connectivity index (χ2n) is 5.90. The third-order valence-electron chi connectivity index (χ3n) is 3.30. The van der Waals surface area contributed by atoms with E-state index in [0.717, 1.165) is 12.5 Å². The van der Waals surface area contributed by atoms with Crippen molar-refractivity contribution < 1.29 is 9.84 Å². The normalized spacial score (nSPS) is 29.2. The minimum Gasteiger partial charge on any atom is -0.394 e. The summed E-state index contributed by atoms with van der Waals surface area (Å²) in [6, 6.07) is 0.636. The molecule has 3 heteroatoms. The van der Waals surface area contributed by atoms with E-state index in [1.54, 1.807) is 0 Å². The van der Waals surface area contributed by atoms with Crippen molar-refractivity contribution in [2.45, 2.75) is 46.1 Å². The van der Waals surface area contributed by atoms with Crippen LogP contribution in [0.5, 0.6) is 0 Å². The second kappa shape index (κ2) is 6.58. The maximum absolute atomic E-state index is 8.57. The van der Waals surface area contributed by atoms with Gasteiger partial charge in [0.15, 0.2) is 0 Å². The SMILES string of the molecule is CC1CC(NCCOCCO)CC(C)(C)C1. The van der Waals surface area contributed by atoms with Crippen LogP contribution in [0.25, 0.3) is 0 Å². The van der Waals surface area contributed by atoms with E-state index in [2.05, 4.69) is 26.1 Å². The fourth-order valence-corrected chi connectivity index (χ4v) is 3.00. The lowest BCUT2D eigenvalue weighted by Crippen LogP contribution is -2.41. The number of hydrogen-bond donors (Lipinski definition) is 2. The van der Waals surface area contributed by atoms with Gasteiger partial charge in [0, 0.05) is 12.6 Å². The minimum atomic E-state index is 0.119. The predicted molar refractivity (Wildman–Crippen MR) is 66.5 cm³/mol. The first-order chi connectivity index (χ1) is 7.53. The molecule has 96 valence electrons. The molecular weight excluding hydrogens is 202 g/mol. The van der Waals surface area contributed by atoms with Gasteiger partial charge in [-0.15, -0.1) is 0 Å². The number of rotatable bonds is 6. The van der Waals surface area contributed by atoms with Gasteiger partial charge >= 0.3 is 0 Å². The van der Waals surface area contributed by atoms with Crippen LogP contribution >= 0.6 is 0 Å². The fraction of sp³-hybridized carbons (Fsp3) is 1.00. The number of aliphatic hydroxyl groups is 1. The van der Waals surface area contributed by atoms with E-state index < -0.39 is 0 Å². The summed E-state index contributed by atoms with van der Waals surface area (Å²) in [5.74, 6) is 0.819. The van der Waals surface area contributed by atoms with Crippen LogP contribution in [0.1, 0.15) is 40.0 Å². The Morgan fingerprint density at radius 3 is 2.69 bits per heavy atom. The number of nitrogens with one attached hydrogen (secondary N) is 1. The lowest BCUT2D eigenvalue weighted by Gasteiger charge is -2.39. The summed E-state index contributed by atoms with van der Waals surface area (Å²) in [7, 11) is 0. The molecule has 0 heterocycles. The molecule has 2 unspecified atom stereocenters. The van der Waals surface area contributed by atoms with E-state index in [1.165, 1.54) is 19.3 Å². The number of ether oxygens (including phenoxy) is 1. The van der Waals surface area contributed by atoms with E-state index in [9.17, 15) is 0 Å². The zero-order chi connectivity index (χ0) is 12.0. The predicted octanol–water partition coefficient (Wildman–Crippen LogP) is 1.80. The standard InChI is InChI=1S/C13H27NO2/c1-11-8-12(10-13(2,3)9-11)14-4-6-16-7-5-15/h11-12,14-15H,4-10H2,1-3H3. The lowest BCUT2D eigenvalue weighted by molar-refractivity contribution is 0.0866. The summed E-state index contributed by atoms with van der Waals surface area (Å²) in [6.45, 7) is 9.23. The largest absolute Gasteiger partial charge is 0.394 e. The average molecular weight is 229 g/mol. The van der Waals surface area contributed by atoms with Crippen LogP contribution < -0.4 is 5.32 Å². The molecule has 0 aliphatic heterocycles. The maximum atomic E-state index is 8.57. The first-order valence-electron chi connectivity index (χ1n) is 6.45. The van der Waals surface area contributed by atoms with Crippen molar-refractivity contribution in [2.24, 2.45) is 11.3 Å². The molecule has 1 aliphatic carbocycles. The van der Waals surface area contributed by atoms with Gasteiger partial charge in [0.05, 0.1) is 19.8 Å². The maximum Gasteiger partial charge on any atom is 0.0698 e. The third kappa shape index (κ3) is 5.28. The van der Waals surface area contributed by atoms with Gasteiger partial charge in [0.25, 0.3) is 0 Å². The zero-order valence-corrected chi connectivity index (χ0v) is 11.0. The number of hydrogen-bond acceptors (Lipinski definition) is 3. The van der Waals surface area contributed by atoms with Crippen LogP contribution in [0, 0.1) is 11.3 Å². The Morgan fingerprint density at radius 2 is 2.06 bits per heavy atom. The van der Waals surface area contributed by atoms with Crippen LogP contribution in [0.2, 0.25) is 0 Å². The second-order valence-corrected chi connectivity index (χ2v) is 5.90. The van der Waals surface area contributed by atoms with Gasteiger partial charge in [-0.3, -0.25) is 0 Å². The summed E-state index contributed by atoms with van der Waals surface area (Å²) < 4.78 is 5.24. The van der Waals surface area contributed by atoms with E-state index in [0.29, 0.717) is 24.7 Å². The van der Waals surface area contributed by atoms with Gasteiger partial charge in [-0.2, -0.15) is 0 Å². The molecule has 0 bridgehead atoms. The Balaban J connectivity index is 2.16. The highest BCUT2D eigenvalue weighted by molar-refractivity contribution is 4.86. The van der Waals surface area contributed by atoms with E-state index in [-0.39, 0.29) is 6.61 Å². The Bertz CT molecular complexity index is 194. The fourth-order valence-electron chi connectivity index (χ4n) is 3.00. The van der Waals surface area contributed by atoms with Crippen molar-refractivity contribution in [3.63, 3.8) is 0 Å². The third-order valence-corrected chi connectivity index (χ3v) is 3.30. The molecule has 1 fully saturated rings. The van der Waals surface area contributed by atoms with Crippen LogP contribution in [0.3, 0.4) is 0 Å². The van der Waals surface area contributed by atoms with Crippen LogP contribution in [0.15, 0.2) is 0 Å². The smallest absolute Gasteiger partial charge is 0.0698 e. The molecule has 0 aromatic rings. The molecule has 0 amide bonds.